The van der Waals surface area contributed by atoms with Crippen LogP contribution in [0, 0.1) is 0 Å². The van der Waals surface area contributed by atoms with Crippen molar-refractivity contribution in [1.82, 2.24) is 15.2 Å². The van der Waals surface area contributed by atoms with Gasteiger partial charge in [0.15, 0.2) is 23.4 Å². The molecule has 0 spiro atoms. The Kier molecular flexibility index (Phi) is 6.49. The first-order valence-electron chi connectivity index (χ1n) is 11.0. The van der Waals surface area contributed by atoms with Crippen LogP contribution in [0.4, 0.5) is 5.69 Å². The van der Waals surface area contributed by atoms with Gasteiger partial charge < -0.3 is 19.5 Å². The van der Waals surface area contributed by atoms with E-state index in [1.54, 1.807) is 7.11 Å². The highest BCUT2D eigenvalue weighted by molar-refractivity contribution is 7.99. The van der Waals surface area contributed by atoms with Gasteiger partial charge in [0.05, 0.1) is 7.11 Å². The van der Waals surface area contributed by atoms with E-state index < -0.39 is 6.23 Å². The maximum atomic E-state index is 6.35. The lowest BCUT2D eigenvalue weighted by atomic mass is 10.1. The highest BCUT2D eigenvalue weighted by Gasteiger charge is 2.26. The molecule has 4 aromatic rings. The summed E-state index contributed by atoms with van der Waals surface area (Å²) in [5.41, 5.74) is 4.35. The van der Waals surface area contributed by atoms with Crippen molar-refractivity contribution in [2.45, 2.75) is 24.9 Å². The highest BCUT2D eigenvalue weighted by atomic mass is 32.2. The van der Waals surface area contributed by atoms with Crippen LogP contribution in [0.2, 0.25) is 0 Å². The summed E-state index contributed by atoms with van der Waals surface area (Å²) in [4.78, 5) is 4.63. The van der Waals surface area contributed by atoms with Crippen LogP contribution in [0.5, 0.6) is 17.4 Å². The Labute approximate surface area is 202 Å². The summed E-state index contributed by atoms with van der Waals surface area (Å²) in [6, 6.07) is 23.7. The predicted octanol–water partition coefficient (Wildman–Crippen LogP) is 5.74. The topological polar surface area (TPSA) is 78.4 Å². The molecule has 0 radical (unpaired) electrons. The molecule has 1 N–H and O–H groups in total. The number of benzene rings is 3. The molecule has 0 amide bonds. The zero-order valence-electron chi connectivity index (χ0n) is 18.9. The quantitative estimate of drug-likeness (QED) is 0.341. The van der Waals surface area contributed by atoms with Crippen molar-refractivity contribution < 1.29 is 14.2 Å². The Hall–Kier alpha value is -3.78. The third-order valence-corrected chi connectivity index (χ3v) is 6.05. The van der Waals surface area contributed by atoms with E-state index in [4.69, 9.17) is 14.2 Å². The highest BCUT2D eigenvalue weighted by Crippen LogP contribution is 2.40. The lowest BCUT2D eigenvalue weighted by molar-refractivity contribution is 0.224. The van der Waals surface area contributed by atoms with Crippen LogP contribution in [-0.2, 0) is 6.61 Å². The molecule has 0 bridgehead atoms. The average molecular weight is 473 g/mol. The number of nitrogens with zero attached hydrogens (tertiary/aromatic N) is 3. The molecule has 0 saturated heterocycles. The number of ether oxygens (including phenoxy) is 3. The van der Waals surface area contributed by atoms with Crippen LogP contribution in [0.3, 0.4) is 0 Å². The van der Waals surface area contributed by atoms with Gasteiger partial charge in [0.25, 0.3) is 0 Å². The second kappa shape index (κ2) is 10.0. The summed E-state index contributed by atoms with van der Waals surface area (Å²) < 4.78 is 18.0. The van der Waals surface area contributed by atoms with Crippen molar-refractivity contribution >= 4 is 17.4 Å². The summed E-state index contributed by atoms with van der Waals surface area (Å²) in [7, 11) is 1.63. The van der Waals surface area contributed by atoms with E-state index in [-0.39, 0.29) is 0 Å². The van der Waals surface area contributed by atoms with Crippen LogP contribution in [0.1, 0.15) is 24.3 Å². The van der Waals surface area contributed by atoms with Crippen LogP contribution in [0.25, 0.3) is 11.3 Å². The Balaban J connectivity index is 1.46. The Morgan fingerprint density at radius 2 is 1.79 bits per heavy atom. The smallest absolute Gasteiger partial charge is 0.247 e. The van der Waals surface area contributed by atoms with Crippen molar-refractivity contribution in [2.24, 2.45) is 0 Å². The van der Waals surface area contributed by atoms with Gasteiger partial charge in [-0.25, -0.2) is 0 Å². The fraction of sp³-hybridized carbons (Fsp3) is 0.192. The van der Waals surface area contributed by atoms with E-state index in [0.717, 1.165) is 28.1 Å². The van der Waals surface area contributed by atoms with Gasteiger partial charge in [-0.05, 0) is 35.6 Å². The van der Waals surface area contributed by atoms with E-state index in [1.807, 2.05) is 79.7 Å². The first-order chi connectivity index (χ1) is 16.7. The molecule has 1 atom stereocenters. The minimum absolute atomic E-state index is 0.441. The average Bonchev–Trinajstić information content (AvgIpc) is 3.05. The minimum atomic E-state index is -0.504. The Morgan fingerprint density at radius 1 is 0.971 bits per heavy atom. The Morgan fingerprint density at radius 3 is 2.62 bits per heavy atom. The number of aromatic nitrogens is 3. The molecule has 0 fully saturated rings. The SMILES string of the molecule is CCSc1nnc2c(n1)O[C@H](c1ccc(OCc3ccccc3)c(OC)c1)Nc1ccccc1-2. The number of thioether (sulfide) groups is 1. The molecule has 5 rings (SSSR count). The lowest BCUT2D eigenvalue weighted by Gasteiger charge is -2.21. The normalized spacial score (nSPS) is 14.1. The van der Waals surface area contributed by atoms with Gasteiger partial charge in [0, 0.05) is 16.8 Å². The number of hydrogen-bond acceptors (Lipinski definition) is 8. The van der Waals surface area contributed by atoms with E-state index in [1.165, 1.54) is 11.8 Å². The summed E-state index contributed by atoms with van der Waals surface area (Å²) >= 11 is 1.52. The van der Waals surface area contributed by atoms with Crippen molar-refractivity contribution in [1.29, 1.82) is 0 Å². The number of anilines is 1. The molecule has 0 aliphatic carbocycles. The van der Waals surface area contributed by atoms with Gasteiger partial charge in [-0.1, -0.05) is 67.2 Å². The number of rotatable bonds is 7. The predicted molar refractivity (Wildman–Crippen MR) is 132 cm³/mol. The molecule has 1 aliphatic heterocycles. The maximum Gasteiger partial charge on any atom is 0.247 e. The minimum Gasteiger partial charge on any atom is -0.493 e. The second-order valence-electron chi connectivity index (χ2n) is 7.55. The van der Waals surface area contributed by atoms with Crippen LogP contribution in [0.15, 0.2) is 78.0 Å². The van der Waals surface area contributed by atoms with Crippen LogP contribution < -0.4 is 19.5 Å². The second-order valence-corrected chi connectivity index (χ2v) is 8.78. The third-order valence-electron chi connectivity index (χ3n) is 5.33. The molecule has 172 valence electrons. The molecule has 0 unspecified atom stereocenters. The molecule has 34 heavy (non-hydrogen) atoms. The van der Waals surface area contributed by atoms with Gasteiger partial charge in [-0.15, -0.1) is 10.2 Å². The summed E-state index contributed by atoms with van der Waals surface area (Å²) in [6.45, 7) is 2.50. The maximum absolute atomic E-state index is 6.35. The lowest BCUT2D eigenvalue weighted by Crippen LogP contribution is -2.17. The van der Waals surface area contributed by atoms with Gasteiger partial charge >= 0.3 is 0 Å². The Bertz CT molecular complexity index is 1290. The first-order valence-corrected chi connectivity index (χ1v) is 12.0. The van der Waals surface area contributed by atoms with E-state index >= 15 is 0 Å². The zero-order chi connectivity index (χ0) is 23.3. The van der Waals surface area contributed by atoms with Gasteiger partial charge in [-0.2, -0.15) is 4.98 Å². The van der Waals surface area contributed by atoms with Crippen molar-refractivity contribution in [3.8, 4) is 28.6 Å². The van der Waals surface area contributed by atoms with Crippen LogP contribution in [-0.4, -0.2) is 28.0 Å². The van der Waals surface area contributed by atoms with Gasteiger partial charge in [-0.3, -0.25) is 0 Å². The van der Waals surface area contributed by atoms with E-state index in [2.05, 4.69) is 20.5 Å². The molecule has 1 aromatic heterocycles. The van der Waals surface area contributed by atoms with E-state index in [9.17, 15) is 0 Å². The fourth-order valence-corrected chi connectivity index (χ4v) is 4.19. The van der Waals surface area contributed by atoms with Gasteiger partial charge in [0.1, 0.15) is 6.61 Å². The molecule has 2 heterocycles. The largest absolute Gasteiger partial charge is 0.493 e. The fourth-order valence-electron chi connectivity index (χ4n) is 3.69. The monoisotopic (exact) mass is 472 g/mol. The summed E-state index contributed by atoms with van der Waals surface area (Å²) in [6.07, 6.45) is -0.504. The number of hydrogen-bond donors (Lipinski definition) is 1. The first kappa shape index (κ1) is 22.0. The molecular formula is C26H24N4O3S. The molecule has 1 aliphatic rings. The number of nitrogens with one attached hydrogen (secondary N) is 1. The molecular weight excluding hydrogens is 448 g/mol. The molecule has 8 heteroatoms. The van der Waals surface area contributed by atoms with Crippen molar-refractivity contribution in [2.75, 3.05) is 18.2 Å². The van der Waals surface area contributed by atoms with Crippen LogP contribution >= 0.6 is 11.8 Å². The van der Waals surface area contributed by atoms with Crippen molar-refractivity contribution in [3.63, 3.8) is 0 Å². The molecule has 0 saturated carbocycles. The number of methoxy groups -OCH3 is 1. The molecule has 7 nitrogen and oxygen atoms in total. The third kappa shape index (κ3) is 4.63. The summed E-state index contributed by atoms with van der Waals surface area (Å²) in [5, 5.41) is 12.7. The van der Waals surface area contributed by atoms with E-state index in [0.29, 0.717) is 34.8 Å². The summed E-state index contributed by atoms with van der Waals surface area (Å²) in [5.74, 6) is 2.58. The van der Waals surface area contributed by atoms with Crippen molar-refractivity contribution in [3.05, 3.63) is 83.9 Å². The molecule has 3 aromatic carbocycles. The standard InChI is InChI=1S/C26H24N4O3S/c1-3-34-26-28-25-23(29-30-26)19-11-7-8-12-20(19)27-24(33-25)18-13-14-21(22(15-18)31-2)32-16-17-9-5-4-6-10-17/h4-15,24,27H,3,16H2,1-2H3/t24-/m1/s1. The van der Waals surface area contributed by atoms with Gasteiger partial charge in [0.2, 0.25) is 11.0 Å². The number of fused-ring (bicyclic) bond motifs is 3. The zero-order valence-corrected chi connectivity index (χ0v) is 19.7. The number of para-hydroxylation sites is 1.